The zero-order valence-electron chi connectivity index (χ0n) is 16.1. The van der Waals surface area contributed by atoms with Gasteiger partial charge in [-0.05, 0) is 48.9 Å². The molecule has 0 spiro atoms. The highest BCUT2D eigenvalue weighted by atomic mass is 32.2. The van der Waals surface area contributed by atoms with Gasteiger partial charge in [0.2, 0.25) is 10.0 Å². The summed E-state index contributed by atoms with van der Waals surface area (Å²) >= 11 is 0. The lowest BCUT2D eigenvalue weighted by Crippen LogP contribution is -2.19. The van der Waals surface area contributed by atoms with Gasteiger partial charge >= 0.3 is 0 Å². The second-order valence-corrected chi connectivity index (χ2v) is 8.88. The Balaban J connectivity index is 1.72. The second-order valence-electron chi connectivity index (χ2n) is 7.04. The third-order valence-electron chi connectivity index (χ3n) is 5.14. The van der Waals surface area contributed by atoms with Crippen LogP contribution in [0.25, 0.3) is 0 Å². The van der Waals surface area contributed by atoms with Gasteiger partial charge in [-0.25, -0.2) is 8.42 Å². The van der Waals surface area contributed by atoms with E-state index in [1.165, 1.54) is 4.31 Å². The van der Waals surface area contributed by atoms with Crippen molar-refractivity contribution < 1.29 is 17.9 Å². The molecule has 0 saturated carbocycles. The molecule has 1 saturated heterocycles. The van der Waals surface area contributed by atoms with Crippen LogP contribution in [0.3, 0.4) is 0 Å². The number of ketones is 1. The highest BCUT2D eigenvalue weighted by Crippen LogP contribution is 2.49. The maximum absolute atomic E-state index is 13.3. The van der Waals surface area contributed by atoms with E-state index in [0.29, 0.717) is 11.3 Å². The summed E-state index contributed by atoms with van der Waals surface area (Å²) in [6.45, 7) is 1.90. The number of benzene rings is 3. The fraction of sp³-hybridized carbons (Fsp3) is 0.174. The highest BCUT2D eigenvalue weighted by Gasteiger charge is 2.60. The van der Waals surface area contributed by atoms with Crippen molar-refractivity contribution in [2.75, 3.05) is 7.11 Å². The number of hydrogen-bond donors (Lipinski definition) is 0. The maximum atomic E-state index is 13.3. The molecule has 1 unspecified atom stereocenters. The van der Waals surface area contributed by atoms with Crippen LogP contribution in [0.5, 0.6) is 5.75 Å². The highest BCUT2D eigenvalue weighted by molar-refractivity contribution is 7.89. The number of carbonyl (C=O) groups excluding carboxylic acids is 1. The molecule has 29 heavy (non-hydrogen) atoms. The number of carbonyl (C=O) groups is 1. The van der Waals surface area contributed by atoms with E-state index in [-0.39, 0.29) is 10.7 Å². The molecular formula is C23H21NO4S. The van der Waals surface area contributed by atoms with Gasteiger partial charge in [0.1, 0.15) is 11.8 Å². The smallest absolute Gasteiger partial charge is 0.244 e. The molecule has 4 rings (SSSR count). The zero-order valence-corrected chi connectivity index (χ0v) is 17.0. The van der Waals surface area contributed by atoms with E-state index in [4.69, 9.17) is 4.74 Å². The molecule has 1 aliphatic rings. The van der Waals surface area contributed by atoms with Crippen LogP contribution in [0.2, 0.25) is 0 Å². The van der Waals surface area contributed by atoms with Crippen LogP contribution in [0, 0.1) is 6.92 Å². The van der Waals surface area contributed by atoms with Crippen LogP contribution in [-0.2, 0) is 10.0 Å². The van der Waals surface area contributed by atoms with Crippen molar-refractivity contribution in [1.29, 1.82) is 0 Å². The molecule has 3 atom stereocenters. The monoisotopic (exact) mass is 407 g/mol. The van der Waals surface area contributed by atoms with Crippen molar-refractivity contribution in [2.45, 2.75) is 23.9 Å². The zero-order chi connectivity index (χ0) is 20.6. The van der Waals surface area contributed by atoms with Crippen LogP contribution in [0.1, 0.15) is 27.5 Å². The summed E-state index contributed by atoms with van der Waals surface area (Å²) in [5.41, 5.74) is 2.23. The van der Waals surface area contributed by atoms with E-state index >= 15 is 0 Å². The largest absolute Gasteiger partial charge is 0.497 e. The number of aryl methyl sites for hydroxylation is 1. The summed E-state index contributed by atoms with van der Waals surface area (Å²) in [6.07, 6.45) is 0. The lowest BCUT2D eigenvalue weighted by molar-refractivity contribution is 0.0981. The summed E-state index contributed by atoms with van der Waals surface area (Å²) in [5, 5.41) is 0. The van der Waals surface area contributed by atoms with Crippen molar-refractivity contribution >= 4 is 15.8 Å². The predicted molar refractivity (Wildman–Crippen MR) is 110 cm³/mol. The topological polar surface area (TPSA) is 63.5 Å². The SMILES string of the molecule is COc1ccc(C(=O)[C@@H]2[C@@H](c3ccccc3)N2S(=O)(=O)c2ccc(C)cc2)cc1. The minimum atomic E-state index is -3.81. The molecule has 3 aromatic carbocycles. The predicted octanol–water partition coefficient (Wildman–Crippen LogP) is 4.00. The fourth-order valence-electron chi connectivity index (χ4n) is 3.51. The Labute approximate surface area is 170 Å². The average molecular weight is 407 g/mol. The minimum Gasteiger partial charge on any atom is -0.497 e. The van der Waals surface area contributed by atoms with Gasteiger partial charge in [-0.1, -0.05) is 48.0 Å². The van der Waals surface area contributed by atoms with E-state index in [9.17, 15) is 13.2 Å². The van der Waals surface area contributed by atoms with Gasteiger partial charge in [-0.3, -0.25) is 4.79 Å². The van der Waals surface area contributed by atoms with Crippen LogP contribution >= 0.6 is 0 Å². The molecular weight excluding hydrogens is 386 g/mol. The number of Topliss-reactive ketones (excluding diaryl/α,β-unsaturated/α-hetero) is 1. The first-order valence-corrected chi connectivity index (χ1v) is 10.7. The molecule has 0 radical (unpaired) electrons. The van der Waals surface area contributed by atoms with Crippen LogP contribution in [0.4, 0.5) is 0 Å². The summed E-state index contributed by atoms with van der Waals surface area (Å²) in [7, 11) is -2.25. The first-order valence-electron chi connectivity index (χ1n) is 9.27. The van der Waals surface area contributed by atoms with Gasteiger partial charge in [-0.2, -0.15) is 4.31 Å². The minimum absolute atomic E-state index is 0.189. The Hall–Kier alpha value is -2.96. The van der Waals surface area contributed by atoms with Crippen LogP contribution in [-0.4, -0.2) is 31.7 Å². The lowest BCUT2D eigenvalue weighted by atomic mass is 10.0. The number of ether oxygens (including phenoxy) is 1. The van der Waals surface area contributed by atoms with Gasteiger partial charge in [0, 0.05) is 5.56 Å². The molecule has 1 heterocycles. The quantitative estimate of drug-likeness (QED) is 0.458. The number of nitrogens with zero attached hydrogens (tertiary/aromatic N) is 1. The van der Waals surface area contributed by atoms with Crippen molar-refractivity contribution in [3.8, 4) is 5.75 Å². The number of sulfonamides is 1. The molecule has 0 bridgehead atoms. The number of methoxy groups -OCH3 is 1. The molecule has 6 heteroatoms. The van der Waals surface area contributed by atoms with Crippen molar-refractivity contribution in [3.05, 3.63) is 95.6 Å². The fourth-order valence-corrected chi connectivity index (χ4v) is 5.22. The van der Waals surface area contributed by atoms with Crippen LogP contribution < -0.4 is 4.74 Å². The van der Waals surface area contributed by atoms with Gasteiger partial charge in [0.25, 0.3) is 0 Å². The molecule has 148 valence electrons. The molecule has 0 aromatic heterocycles. The molecule has 1 fully saturated rings. The van der Waals surface area contributed by atoms with E-state index in [1.54, 1.807) is 55.6 Å². The summed E-state index contributed by atoms with van der Waals surface area (Å²) in [5.74, 6) is 0.415. The molecule has 0 aliphatic carbocycles. The van der Waals surface area contributed by atoms with Gasteiger partial charge in [0.05, 0.1) is 18.0 Å². The van der Waals surface area contributed by atoms with E-state index in [1.807, 2.05) is 37.3 Å². The standard InChI is InChI=1S/C23H21NO4S/c1-16-8-14-20(15-9-16)29(26,27)24-21(17-6-4-3-5-7-17)22(24)23(25)18-10-12-19(28-2)13-11-18/h3-15,21-22H,1-2H3/t21-,22+,24?/m1/s1. The Morgan fingerprint density at radius 2 is 1.52 bits per heavy atom. The average Bonchev–Trinajstić information content (AvgIpc) is 3.51. The van der Waals surface area contributed by atoms with Gasteiger partial charge in [-0.15, -0.1) is 0 Å². The third kappa shape index (κ3) is 3.57. The van der Waals surface area contributed by atoms with E-state index < -0.39 is 22.1 Å². The summed E-state index contributed by atoms with van der Waals surface area (Å²) in [6, 6.07) is 21.4. The number of rotatable bonds is 6. The Morgan fingerprint density at radius 1 is 0.897 bits per heavy atom. The molecule has 3 aromatic rings. The van der Waals surface area contributed by atoms with Crippen molar-refractivity contribution in [3.63, 3.8) is 0 Å². The Morgan fingerprint density at radius 3 is 2.10 bits per heavy atom. The lowest BCUT2D eigenvalue weighted by Gasteiger charge is -2.07. The van der Waals surface area contributed by atoms with Crippen LogP contribution in [0.15, 0.2) is 83.8 Å². The molecule has 0 amide bonds. The Kier molecular flexibility index (Phi) is 4.98. The molecule has 5 nitrogen and oxygen atoms in total. The summed E-state index contributed by atoms with van der Waals surface area (Å²) in [4.78, 5) is 13.4. The summed E-state index contributed by atoms with van der Waals surface area (Å²) < 4.78 is 33.0. The third-order valence-corrected chi connectivity index (χ3v) is 7.02. The van der Waals surface area contributed by atoms with Crippen molar-refractivity contribution in [2.24, 2.45) is 0 Å². The Bertz CT molecular complexity index is 1120. The number of hydrogen-bond acceptors (Lipinski definition) is 4. The van der Waals surface area contributed by atoms with Gasteiger partial charge in [0.15, 0.2) is 5.78 Å². The maximum Gasteiger partial charge on any atom is 0.244 e. The van der Waals surface area contributed by atoms with Gasteiger partial charge < -0.3 is 4.74 Å². The molecule has 0 N–H and O–H groups in total. The first-order chi connectivity index (χ1) is 13.9. The molecule has 1 aliphatic heterocycles. The normalized spacial score (nSPS) is 20.8. The van der Waals surface area contributed by atoms with E-state index in [0.717, 1.165) is 11.1 Å². The second kappa shape index (κ2) is 7.46. The van der Waals surface area contributed by atoms with E-state index in [2.05, 4.69) is 0 Å². The van der Waals surface area contributed by atoms with Crippen molar-refractivity contribution in [1.82, 2.24) is 4.31 Å². The first kappa shape index (κ1) is 19.4.